The van der Waals surface area contributed by atoms with Crippen LogP contribution in [0.5, 0.6) is 5.75 Å². The molecule has 0 radical (unpaired) electrons. The van der Waals surface area contributed by atoms with Gasteiger partial charge in [0.2, 0.25) is 0 Å². The molecule has 0 saturated heterocycles. The molecule has 22 heavy (non-hydrogen) atoms. The zero-order valence-corrected chi connectivity index (χ0v) is 14.5. The minimum atomic E-state index is 0.655. The SMILES string of the molecule is CCCC/C=C/COc1ccc(-c2ccc(CCC)s2)cc1. The molecule has 0 unspecified atom stereocenters. The van der Waals surface area contributed by atoms with Crippen molar-refractivity contribution in [1.29, 1.82) is 0 Å². The van der Waals surface area contributed by atoms with Crippen LogP contribution in [0.2, 0.25) is 0 Å². The van der Waals surface area contributed by atoms with Gasteiger partial charge in [-0.2, -0.15) is 0 Å². The van der Waals surface area contributed by atoms with E-state index in [9.17, 15) is 0 Å². The molecule has 1 aromatic heterocycles. The maximum Gasteiger partial charge on any atom is 0.119 e. The van der Waals surface area contributed by atoms with Crippen molar-refractivity contribution < 1.29 is 4.74 Å². The number of ether oxygens (including phenoxy) is 1. The van der Waals surface area contributed by atoms with Crippen molar-refractivity contribution in [3.8, 4) is 16.2 Å². The lowest BCUT2D eigenvalue weighted by molar-refractivity contribution is 0.362. The van der Waals surface area contributed by atoms with Gasteiger partial charge in [0.05, 0.1) is 0 Å². The van der Waals surface area contributed by atoms with Crippen LogP contribution in [0.3, 0.4) is 0 Å². The van der Waals surface area contributed by atoms with Crippen LogP contribution < -0.4 is 4.74 Å². The predicted molar refractivity (Wildman–Crippen MR) is 97.9 cm³/mol. The van der Waals surface area contributed by atoms with Gasteiger partial charge in [-0.3, -0.25) is 0 Å². The summed E-state index contributed by atoms with van der Waals surface area (Å²) in [5.41, 5.74) is 1.28. The molecule has 0 aliphatic rings. The quantitative estimate of drug-likeness (QED) is 0.379. The molecule has 1 heterocycles. The molecule has 1 aromatic carbocycles. The highest BCUT2D eigenvalue weighted by atomic mass is 32.1. The lowest BCUT2D eigenvalue weighted by Crippen LogP contribution is -1.92. The van der Waals surface area contributed by atoms with Gasteiger partial charge in [-0.05, 0) is 54.8 Å². The topological polar surface area (TPSA) is 9.23 Å². The third kappa shape index (κ3) is 5.34. The first-order chi connectivity index (χ1) is 10.8. The molecule has 0 amide bonds. The molecule has 0 saturated carbocycles. The summed E-state index contributed by atoms with van der Waals surface area (Å²) in [6.07, 6.45) is 10.4. The molecule has 0 aliphatic heterocycles. The van der Waals surface area contributed by atoms with E-state index >= 15 is 0 Å². The maximum absolute atomic E-state index is 5.74. The maximum atomic E-state index is 5.74. The number of rotatable bonds is 9. The highest BCUT2D eigenvalue weighted by Crippen LogP contribution is 2.30. The van der Waals surface area contributed by atoms with Crippen molar-refractivity contribution in [1.82, 2.24) is 0 Å². The molecule has 118 valence electrons. The Morgan fingerprint density at radius 3 is 2.50 bits per heavy atom. The third-order valence-corrected chi connectivity index (χ3v) is 4.73. The van der Waals surface area contributed by atoms with E-state index in [0.717, 1.165) is 12.2 Å². The Morgan fingerprint density at radius 2 is 1.77 bits per heavy atom. The van der Waals surface area contributed by atoms with Crippen molar-refractivity contribution in [2.24, 2.45) is 0 Å². The molecular formula is C20H26OS. The summed E-state index contributed by atoms with van der Waals surface area (Å²) in [5, 5.41) is 0. The molecule has 2 heteroatoms. The summed E-state index contributed by atoms with van der Waals surface area (Å²) < 4.78 is 5.74. The van der Waals surface area contributed by atoms with Gasteiger partial charge in [-0.15, -0.1) is 11.3 Å². The van der Waals surface area contributed by atoms with Crippen molar-refractivity contribution in [2.45, 2.75) is 46.0 Å². The van der Waals surface area contributed by atoms with E-state index in [1.54, 1.807) is 0 Å². The minimum Gasteiger partial charge on any atom is -0.490 e. The van der Waals surface area contributed by atoms with Gasteiger partial charge in [0.15, 0.2) is 0 Å². The van der Waals surface area contributed by atoms with Crippen LogP contribution in [0.25, 0.3) is 10.4 Å². The van der Waals surface area contributed by atoms with Crippen molar-refractivity contribution in [3.05, 3.63) is 53.4 Å². The first-order valence-electron chi connectivity index (χ1n) is 8.30. The highest BCUT2D eigenvalue weighted by Gasteiger charge is 2.02. The fraction of sp³-hybridized carbons (Fsp3) is 0.400. The molecule has 0 bridgehead atoms. The van der Waals surface area contributed by atoms with Gasteiger partial charge in [0.1, 0.15) is 12.4 Å². The summed E-state index contributed by atoms with van der Waals surface area (Å²) in [6.45, 7) is 5.09. The minimum absolute atomic E-state index is 0.655. The predicted octanol–water partition coefficient (Wildman–Crippen LogP) is 6.49. The van der Waals surface area contributed by atoms with Crippen molar-refractivity contribution in [2.75, 3.05) is 6.61 Å². The third-order valence-electron chi connectivity index (χ3n) is 3.53. The zero-order chi connectivity index (χ0) is 15.6. The van der Waals surface area contributed by atoms with E-state index in [-0.39, 0.29) is 0 Å². The summed E-state index contributed by atoms with van der Waals surface area (Å²) >= 11 is 1.89. The van der Waals surface area contributed by atoms with Gasteiger partial charge < -0.3 is 4.74 Å². The summed E-state index contributed by atoms with van der Waals surface area (Å²) in [7, 11) is 0. The van der Waals surface area contributed by atoms with Crippen molar-refractivity contribution in [3.63, 3.8) is 0 Å². The van der Waals surface area contributed by atoms with Crippen LogP contribution in [0.15, 0.2) is 48.6 Å². The second-order valence-corrected chi connectivity index (χ2v) is 6.63. The summed E-state index contributed by atoms with van der Waals surface area (Å²) in [4.78, 5) is 2.81. The van der Waals surface area contributed by atoms with E-state index in [1.165, 1.54) is 41.0 Å². The number of unbranched alkanes of at least 4 members (excludes halogenated alkanes) is 2. The Hall–Kier alpha value is -1.54. The highest BCUT2D eigenvalue weighted by molar-refractivity contribution is 7.15. The van der Waals surface area contributed by atoms with Crippen LogP contribution in [0.4, 0.5) is 0 Å². The molecule has 0 aliphatic carbocycles. The number of hydrogen-bond acceptors (Lipinski definition) is 2. The van der Waals surface area contributed by atoms with Gasteiger partial charge in [-0.25, -0.2) is 0 Å². The van der Waals surface area contributed by atoms with E-state index in [1.807, 2.05) is 11.3 Å². The zero-order valence-electron chi connectivity index (χ0n) is 13.7. The van der Waals surface area contributed by atoms with E-state index in [4.69, 9.17) is 4.74 Å². The molecule has 1 nitrogen and oxygen atoms in total. The van der Waals surface area contributed by atoms with Crippen molar-refractivity contribution >= 4 is 11.3 Å². The van der Waals surface area contributed by atoms with Gasteiger partial charge in [-0.1, -0.05) is 45.3 Å². The number of benzene rings is 1. The molecule has 0 spiro atoms. The second-order valence-electron chi connectivity index (χ2n) is 5.46. The Bertz CT molecular complexity index is 566. The lowest BCUT2D eigenvalue weighted by Gasteiger charge is -2.04. The average Bonchev–Trinajstić information content (AvgIpc) is 3.00. The van der Waals surface area contributed by atoms with Crippen LogP contribution in [0.1, 0.15) is 44.4 Å². The van der Waals surface area contributed by atoms with E-state index < -0.39 is 0 Å². The largest absolute Gasteiger partial charge is 0.490 e. The van der Waals surface area contributed by atoms with E-state index in [2.05, 4.69) is 62.4 Å². The molecule has 0 atom stereocenters. The van der Waals surface area contributed by atoms with Gasteiger partial charge in [0.25, 0.3) is 0 Å². The van der Waals surface area contributed by atoms with Gasteiger partial charge in [0, 0.05) is 9.75 Å². The normalized spacial score (nSPS) is 11.2. The van der Waals surface area contributed by atoms with Gasteiger partial charge >= 0.3 is 0 Å². The molecule has 0 fully saturated rings. The number of allylic oxidation sites excluding steroid dienone is 1. The summed E-state index contributed by atoms with van der Waals surface area (Å²) in [5.74, 6) is 0.939. The number of hydrogen-bond donors (Lipinski definition) is 0. The molecule has 2 aromatic rings. The fourth-order valence-corrected chi connectivity index (χ4v) is 3.40. The van der Waals surface area contributed by atoms with Crippen LogP contribution in [-0.4, -0.2) is 6.61 Å². The Morgan fingerprint density at radius 1 is 0.955 bits per heavy atom. The molecule has 2 rings (SSSR count). The molecule has 0 N–H and O–H groups in total. The Balaban J connectivity index is 1.85. The standard InChI is InChI=1S/C20H26OS/c1-3-5-6-7-8-16-21-18-12-10-17(11-13-18)20-15-14-19(22-20)9-4-2/h7-8,10-15H,3-6,9,16H2,1-2H3/b8-7+. The Kier molecular flexibility index (Phi) is 7.24. The summed E-state index contributed by atoms with van der Waals surface area (Å²) in [6, 6.07) is 12.9. The number of thiophene rings is 1. The number of aryl methyl sites for hydroxylation is 1. The lowest BCUT2D eigenvalue weighted by atomic mass is 10.2. The van der Waals surface area contributed by atoms with E-state index in [0.29, 0.717) is 6.61 Å². The fourth-order valence-electron chi connectivity index (χ4n) is 2.28. The second kappa shape index (κ2) is 9.47. The monoisotopic (exact) mass is 314 g/mol. The average molecular weight is 314 g/mol. The van der Waals surface area contributed by atoms with Crippen LogP contribution >= 0.6 is 11.3 Å². The smallest absolute Gasteiger partial charge is 0.119 e. The first kappa shape index (κ1) is 16.8. The molecular weight excluding hydrogens is 288 g/mol. The van der Waals surface area contributed by atoms with Crippen LogP contribution in [-0.2, 0) is 6.42 Å². The Labute approximate surface area is 138 Å². The first-order valence-corrected chi connectivity index (χ1v) is 9.12. The van der Waals surface area contributed by atoms with Crippen LogP contribution in [0, 0.1) is 0 Å².